The third-order valence-electron chi connectivity index (χ3n) is 2.97. The Bertz CT molecular complexity index is 225. The number of likely N-dealkylation sites (tertiary alicyclic amines) is 1. The van der Waals surface area contributed by atoms with Crippen LogP contribution < -0.4 is 0 Å². The summed E-state index contributed by atoms with van der Waals surface area (Å²) in [4.78, 5) is 16.2. The molecular weight excluding hydrogens is 176 g/mol. The SMILES string of the molecule is CC(C)N1CCC(C)(CN(C)C)C1=O. The zero-order chi connectivity index (χ0) is 10.9. The minimum atomic E-state index is -0.159. The summed E-state index contributed by atoms with van der Waals surface area (Å²) in [6.07, 6.45) is 0.988. The van der Waals surface area contributed by atoms with E-state index in [0.29, 0.717) is 11.9 Å². The monoisotopic (exact) mass is 198 g/mol. The summed E-state index contributed by atoms with van der Waals surface area (Å²) >= 11 is 0. The molecular formula is C11H22N2O. The number of rotatable bonds is 3. The fourth-order valence-electron chi connectivity index (χ4n) is 2.26. The maximum absolute atomic E-state index is 12.1. The van der Waals surface area contributed by atoms with Crippen LogP contribution in [0.3, 0.4) is 0 Å². The Kier molecular flexibility index (Phi) is 3.20. The lowest BCUT2D eigenvalue weighted by Gasteiger charge is -2.28. The lowest BCUT2D eigenvalue weighted by Crippen LogP contribution is -2.41. The number of carbonyl (C=O) groups excluding carboxylic acids is 1. The molecule has 82 valence electrons. The molecule has 0 aromatic carbocycles. The molecule has 14 heavy (non-hydrogen) atoms. The molecule has 1 amide bonds. The largest absolute Gasteiger partial charge is 0.340 e. The van der Waals surface area contributed by atoms with E-state index in [0.717, 1.165) is 19.5 Å². The van der Waals surface area contributed by atoms with E-state index in [1.807, 2.05) is 19.0 Å². The van der Waals surface area contributed by atoms with Crippen LogP contribution in [0.2, 0.25) is 0 Å². The minimum Gasteiger partial charge on any atom is -0.340 e. The minimum absolute atomic E-state index is 0.159. The first-order valence-corrected chi connectivity index (χ1v) is 5.32. The van der Waals surface area contributed by atoms with Gasteiger partial charge in [0.05, 0.1) is 5.41 Å². The van der Waals surface area contributed by atoms with Crippen LogP contribution >= 0.6 is 0 Å². The van der Waals surface area contributed by atoms with Gasteiger partial charge in [0, 0.05) is 19.1 Å². The van der Waals surface area contributed by atoms with Gasteiger partial charge in [0.2, 0.25) is 5.91 Å². The van der Waals surface area contributed by atoms with E-state index in [4.69, 9.17) is 0 Å². The van der Waals surface area contributed by atoms with Crippen LogP contribution in [-0.2, 0) is 4.79 Å². The van der Waals surface area contributed by atoms with Gasteiger partial charge >= 0.3 is 0 Å². The first-order valence-electron chi connectivity index (χ1n) is 5.32. The van der Waals surface area contributed by atoms with E-state index >= 15 is 0 Å². The van der Waals surface area contributed by atoms with Gasteiger partial charge in [-0.1, -0.05) is 0 Å². The molecule has 3 nitrogen and oxygen atoms in total. The summed E-state index contributed by atoms with van der Waals surface area (Å²) in [7, 11) is 4.05. The van der Waals surface area contributed by atoms with Gasteiger partial charge in [0.15, 0.2) is 0 Å². The van der Waals surface area contributed by atoms with Gasteiger partial charge in [0.25, 0.3) is 0 Å². The number of amides is 1. The molecule has 1 atom stereocenters. The van der Waals surface area contributed by atoms with Gasteiger partial charge in [-0.3, -0.25) is 4.79 Å². The highest BCUT2D eigenvalue weighted by Crippen LogP contribution is 2.32. The van der Waals surface area contributed by atoms with Gasteiger partial charge < -0.3 is 9.80 Å². The fourth-order valence-corrected chi connectivity index (χ4v) is 2.26. The summed E-state index contributed by atoms with van der Waals surface area (Å²) in [5.41, 5.74) is -0.159. The van der Waals surface area contributed by atoms with Crippen LogP contribution in [0.1, 0.15) is 27.2 Å². The summed E-state index contributed by atoms with van der Waals surface area (Å²) in [6, 6.07) is 0.339. The Balaban J connectivity index is 2.71. The predicted octanol–water partition coefficient (Wildman–Crippen LogP) is 1.20. The van der Waals surface area contributed by atoms with E-state index in [1.165, 1.54) is 0 Å². The van der Waals surface area contributed by atoms with Gasteiger partial charge in [-0.25, -0.2) is 0 Å². The van der Waals surface area contributed by atoms with Crippen LogP contribution in [0.25, 0.3) is 0 Å². The molecule has 1 unspecified atom stereocenters. The normalized spacial score (nSPS) is 28.2. The highest BCUT2D eigenvalue weighted by Gasteiger charge is 2.43. The van der Waals surface area contributed by atoms with Crippen molar-refractivity contribution in [2.75, 3.05) is 27.2 Å². The first kappa shape index (κ1) is 11.5. The van der Waals surface area contributed by atoms with Crippen molar-refractivity contribution < 1.29 is 4.79 Å². The van der Waals surface area contributed by atoms with Crippen molar-refractivity contribution in [3.05, 3.63) is 0 Å². The summed E-state index contributed by atoms with van der Waals surface area (Å²) in [6.45, 7) is 8.02. The Morgan fingerprint density at radius 3 is 2.43 bits per heavy atom. The van der Waals surface area contributed by atoms with Gasteiger partial charge in [-0.05, 0) is 41.3 Å². The van der Waals surface area contributed by atoms with Gasteiger partial charge in [0.1, 0.15) is 0 Å². The maximum Gasteiger partial charge on any atom is 0.230 e. The number of hydrogen-bond acceptors (Lipinski definition) is 2. The van der Waals surface area contributed by atoms with Crippen molar-refractivity contribution in [1.82, 2.24) is 9.80 Å². The molecule has 0 N–H and O–H groups in total. The van der Waals surface area contributed by atoms with Crippen LogP contribution in [0, 0.1) is 5.41 Å². The van der Waals surface area contributed by atoms with Crippen molar-refractivity contribution in [2.24, 2.45) is 5.41 Å². The molecule has 0 radical (unpaired) electrons. The lowest BCUT2D eigenvalue weighted by molar-refractivity contribution is -0.137. The average molecular weight is 198 g/mol. The lowest BCUT2D eigenvalue weighted by atomic mass is 9.88. The van der Waals surface area contributed by atoms with E-state index in [1.54, 1.807) is 0 Å². The van der Waals surface area contributed by atoms with Crippen LogP contribution in [0.4, 0.5) is 0 Å². The Labute approximate surface area is 87.1 Å². The molecule has 0 aromatic rings. The van der Waals surface area contributed by atoms with Crippen molar-refractivity contribution in [3.63, 3.8) is 0 Å². The zero-order valence-electron chi connectivity index (χ0n) is 10.0. The van der Waals surface area contributed by atoms with E-state index < -0.39 is 0 Å². The predicted molar refractivity (Wildman–Crippen MR) is 58.1 cm³/mol. The number of nitrogens with zero attached hydrogens (tertiary/aromatic N) is 2. The van der Waals surface area contributed by atoms with E-state index in [2.05, 4.69) is 25.7 Å². The van der Waals surface area contributed by atoms with Gasteiger partial charge in [-0.15, -0.1) is 0 Å². The summed E-state index contributed by atoms with van der Waals surface area (Å²) < 4.78 is 0. The number of carbonyl (C=O) groups is 1. The molecule has 1 aliphatic rings. The van der Waals surface area contributed by atoms with Crippen LogP contribution in [0.15, 0.2) is 0 Å². The summed E-state index contributed by atoms with van der Waals surface area (Å²) in [5, 5.41) is 0. The van der Waals surface area contributed by atoms with Crippen molar-refractivity contribution in [2.45, 2.75) is 33.2 Å². The highest BCUT2D eigenvalue weighted by atomic mass is 16.2. The fraction of sp³-hybridized carbons (Fsp3) is 0.909. The molecule has 0 saturated carbocycles. The van der Waals surface area contributed by atoms with Crippen molar-refractivity contribution >= 4 is 5.91 Å². The zero-order valence-corrected chi connectivity index (χ0v) is 10.0. The Morgan fingerprint density at radius 1 is 1.50 bits per heavy atom. The molecule has 1 fully saturated rings. The van der Waals surface area contributed by atoms with Crippen LogP contribution in [-0.4, -0.2) is 48.9 Å². The molecule has 0 spiro atoms. The maximum atomic E-state index is 12.1. The Hall–Kier alpha value is -0.570. The molecule has 0 bridgehead atoms. The third-order valence-corrected chi connectivity index (χ3v) is 2.97. The quantitative estimate of drug-likeness (QED) is 0.680. The van der Waals surface area contributed by atoms with E-state index in [-0.39, 0.29) is 5.41 Å². The molecule has 0 aromatic heterocycles. The molecule has 1 heterocycles. The molecule has 1 rings (SSSR count). The Morgan fingerprint density at radius 2 is 2.07 bits per heavy atom. The van der Waals surface area contributed by atoms with E-state index in [9.17, 15) is 4.79 Å². The van der Waals surface area contributed by atoms with Crippen molar-refractivity contribution in [1.29, 1.82) is 0 Å². The molecule has 3 heteroatoms. The second kappa shape index (κ2) is 3.89. The van der Waals surface area contributed by atoms with Gasteiger partial charge in [-0.2, -0.15) is 0 Å². The number of hydrogen-bond donors (Lipinski definition) is 0. The topological polar surface area (TPSA) is 23.6 Å². The average Bonchev–Trinajstić information content (AvgIpc) is 2.27. The van der Waals surface area contributed by atoms with Crippen molar-refractivity contribution in [3.8, 4) is 0 Å². The molecule has 1 saturated heterocycles. The molecule has 1 aliphatic heterocycles. The second-order valence-corrected chi connectivity index (χ2v) is 5.14. The standard InChI is InChI=1S/C11H22N2O/c1-9(2)13-7-6-11(3,10(13)14)8-12(4)5/h9H,6-8H2,1-5H3. The second-order valence-electron chi connectivity index (χ2n) is 5.14. The third kappa shape index (κ3) is 2.08. The summed E-state index contributed by atoms with van der Waals surface area (Å²) in [5.74, 6) is 0.321. The van der Waals surface area contributed by atoms with Crippen LogP contribution in [0.5, 0.6) is 0 Å². The smallest absolute Gasteiger partial charge is 0.230 e. The highest BCUT2D eigenvalue weighted by molar-refractivity contribution is 5.84. The first-order chi connectivity index (χ1) is 6.37. The molecule has 0 aliphatic carbocycles.